The lowest BCUT2D eigenvalue weighted by atomic mass is 10.1. The van der Waals surface area contributed by atoms with Gasteiger partial charge in [0.15, 0.2) is 23.0 Å². The molecule has 0 bridgehead atoms. The van der Waals surface area contributed by atoms with Gasteiger partial charge in [0.05, 0.1) is 50.8 Å². The van der Waals surface area contributed by atoms with Gasteiger partial charge in [-0.2, -0.15) is 0 Å². The van der Waals surface area contributed by atoms with Gasteiger partial charge in [-0.1, -0.05) is 0 Å². The first-order chi connectivity index (χ1) is 23.4. The van der Waals surface area contributed by atoms with Gasteiger partial charge in [-0.25, -0.2) is 9.59 Å². The molecular formula is C32H36O16. The lowest BCUT2D eigenvalue weighted by Gasteiger charge is -2.20. The van der Waals surface area contributed by atoms with Gasteiger partial charge in [0.25, 0.3) is 0 Å². The van der Waals surface area contributed by atoms with Gasteiger partial charge in [0.1, 0.15) is 76.3 Å². The number of epoxide rings is 5. The fraction of sp³-hybridized carbons (Fsp3) is 0.562. The number of aliphatic hydroxyl groups is 2. The molecule has 6 atom stereocenters. The van der Waals surface area contributed by atoms with Gasteiger partial charge in [0.2, 0.25) is 11.5 Å². The molecule has 16 heteroatoms. The number of esters is 2. The van der Waals surface area contributed by atoms with Gasteiger partial charge in [0, 0.05) is 0 Å². The molecule has 2 N–H and O–H groups in total. The lowest BCUT2D eigenvalue weighted by Crippen LogP contribution is -2.22. The normalized spacial score (nSPS) is 24.9. The minimum Gasteiger partial charge on any atom is -0.487 e. The molecule has 260 valence electrons. The molecule has 0 saturated carbocycles. The van der Waals surface area contributed by atoms with Crippen molar-refractivity contribution in [3.8, 4) is 34.5 Å². The zero-order valence-electron chi connectivity index (χ0n) is 25.9. The third kappa shape index (κ3) is 9.37. The Kier molecular flexibility index (Phi) is 9.99. The first-order valence-electron chi connectivity index (χ1n) is 15.7. The van der Waals surface area contributed by atoms with Crippen molar-refractivity contribution in [2.24, 2.45) is 0 Å². The summed E-state index contributed by atoms with van der Waals surface area (Å²) >= 11 is 0. The maximum absolute atomic E-state index is 13.9. The molecule has 2 aromatic carbocycles. The average Bonchev–Trinajstić information content (AvgIpc) is 3.91. The highest BCUT2D eigenvalue weighted by molar-refractivity contribution is 5.95. The lowest BCUT2D eigenvalue weighted by molar-refractivity contribution is 0.0467. The molecule has 0 aromatic heterocycles. The van der Waals surface area contributed by atoms with Crippen LogP contribution in [-0.2, 0) is 28.4 Å². The largest absolute Gasteiger partial charge is 0.487 e. The molecule has 5 fully saturated rings. The monoisotopic (exact) mass is 676 g/mol. The second kappa shape index (κ2) is 14.7. The minimum atomic E-state index is -1.25. The molecule has 16 nitrogen and oxygen atoms in total. The van der Waals surface area contributed by atoms with E-state index in [1.165, 1.54) is 24.3 Å². The van der Waals surface area contributed by atoms with Crippen molar-refractivity contribution in [2.45, 2.75) is 36.6 Å². The molecular weight excluding hydrogens is 640 g/mol. The Labute approximate surface area is 274 Å². The Balaban J connectivity index is 1.19. The summed E-state index contributed by atoms with van der Waals surface area (Å²) in [6.07, 6.45) is -1.84. The van der Waals surface area contributed by atoms with E-state index in [1.807, 2.05) is 0 Å². The highest BCUT2D eigenvalue weighted by Gasteiger charge is 2.32. The van der Waals surface area contributed by atoms with Gasteiger partial charge in [-0.05, 0) is 24.3 Å². The van der Waals surface area contributed by atoms with Crippen LogP contribution in [0.1, 0.15) is 20.7 Å². The topological polar surface area (TPSA) is 202 Å². The Morgan fingerprint density at radius 3 is 1.46 bits per heavy atom. The van der Waals surface area contributed by atoms with E-state index in [2.05, 4.69) is 0 Å². The fourth-order valence-corrected chi connectivity index (χ4v) is 4.26. The molecule has 2 aromatic rings. The average molecular weight is 677 g/mol. The van der Waals surface area contributed by atoms with Crippen LogP contribution >= 0.6 is 0 Å². The van der Waals surface area contributed by atoms with Crippen LogP contribution in [0.4, 0.5) is 0 Å². The van der Waals surface area contributed by atoms with E-state index in [1.54, 1.807) is 0 Å². The van der Waals surface area contributed by atoms with Crippen molar-refractivity contribution in [1.29, 1.82) is 0 Å². The Morgan fingerprint density at radius 1 is 0.604 bits per heavy atom. The third-order valence-electron chi connectivity index (χ3n) is 7.45. The molecule has 0 radical (unpaired) electrons. The molecule has 7 rings (SSSR count). The second-order valence-electron chi connectivity index (χ2n) is 11.8. The number of aliphatic hydroxyl groups excluding tert-OH is 2. The molecule has 5 aliphatic rings. The molecule has 5 aliphatic heterocycles. The van der Waals surface area contributed by atoms with Gasteiger partial charge in [-0.3, -0.25) is 0 Å². The number of ether oxygens (including phenoxy) is 12. The van der Waals surface area contributed by atoms with Crippen LogP contribution in [0.5, 0.6) is 34.5 Å². The summed E-state index contributed by atoms with van der Waals surface area (Å²) in [7, 11) is 0. The summed E-state index contributed by atoms with van der Waals surface area (Å²) in [5.74, 6) is -1.11. The maximum atomic E-state index is 13.9. The summed E-state index contributed by atoms with van der Waals surface area (Å²) < 4.78 is 67.2. The molecule has 5 saturated heterocycles. The zero-order chi connectivity index (χ0) is 33.0. The Morgan fingerprint density at radius 2 is 1.00 bits per heavy atom. The smallest absolute Gasteiger partial charge is 0.343 e. The number of carbonyl (C=O) groups excluding carboxylic acids is 2. The first kappa shape index (κ1) is 32.6. The van der Waals surface area contributed by atoms with E-state index in [9.17, 15) is 19.8 Å². The van der Waals surface area contributed by atoms with E-state index in [4.69, 9.17) is 56.8 Å². The van der Waals surface area contributed by atoms with Crippen molar-refractivity contribution in [3.05, 3.63) is 35.4 Å². The van der Waals surface area contributed by atoms with E-state index >= 15 is 0 Å². The predicted molar refractivity (Wildman–Crippen MR) is 157 cm³/mol. The number of hydrogen-bond donors (Lipinski definition) is 2. The number of hydrogen-bond acceptors (Lipinski definition) is 16. The minimum absolute atomic E-state index is 0.00757. The van der Waals surface area contributed by atoms with Crippen molar-refractivity contribution in [3.63, 3.8) is 0 Å². The summed E-state index contributed by atoms with van der Waals surface area (Å²) in [4.78, 5) is 26.9. The van der Waals surface area contributed by atoms with E-state index in [0.29, 0.717) is 33.0 Å². The van der Waals surface area contributed by atoms with Crippen LogP contribution in [0.3, 0.4) is 0 Å². The zero-order valence-corrected chi connectivity index (χ0v) is 25.9. The predicted octanol–water partition coefficient (Wildman–Crippen LogP) is 0.304. The third-order valence-corrected chi connectivity index (χ3v) is 7.45. The van der Waals surface area contributed by atoms with E-state index in [-0.39, 0.29) is 116 Å². The summed E-state index contributed by atoms with van der Waals surface area (Å²) in [5, 5.41) is 19.4. The molecule has 0 amide bonds. The van der Waals surface area contributed by atoms with Crippen LogP contribution in [0, 0.1) is 0 Å². The van der Waals surface area contributed by atoms with Crippen LogP contribution < -0.4 is 28.4 Å². The van der Waals surface area contributed by atoms with Crippen LogP contribution in [0.25, 0.3) is 0 Å². The number of benzene rings is 2. The number of rotatable bonds is 21. The molecule has 0 aliphatic carbocycles. The molecule has 48 heavy (non-hydrogen) atoms. The molecule has 5 heterocycles. The highest BCUT2D eigenvalue weighted by atomic mass is 16.6. The SMILES string of the molecule is O=C(OCC1CO1)c1cc(OCC2CO2)c(OCC(O)CO)c(OC(=O)c2cc(OCC3CO3)c(OCC3CO3)c(OCC3CO3)c2)c1. The number of carbonyl (C=O) groups is 2. The highest BCUT2D eigenvalue weighted by Crippen LogP contribution is 2.43. The summed E-state index contributed by atoms with van der Waals surface area (Å²) in [6, 6.07) is 5.57. The Hall–Kier alpha value is -3.90. The summed E-state index contributed by atoms with van der Waals surface area (Å²) in [6.45, 7) is 2.54. The fourth-order valence-electron chi connectivity index (χ4n) is 4.26. The van der Waals surface area contributed by atoms with Gasteiger partial charge in [-0.15, -0.1) is 0 Å². The maximum Gasteiger partial charge on any atom is 0.343 e. The quantitative estimate of drug-likeness (QED) is 0.104. The van der Waals surface area contributed by atoms with Crippen molar-refractivity contribution >= 4 is 11.9 Å². The van der Waals surface area contributed by atoms with Crippen molar-refractivity contribution in [2.75, 3.05) is 79.3 Å². The second-order valence-corrected chi connectivity index (χ2v) is 11.8. The van der Waals surface area contributed by atoms with Crippen LogP contribution in [0.15, 0.2) is 24.3 Å². The van der Waals surface area contributed by atoms with E-state index < -0.39 is 24.6 Å². The molecule has 0 spiro atoms. The van der Waals surface area contributed by atoms with Crippen molar-refractivity contribution < 1.29 is 76.6 Å². The Bertz CT molecular complexity index is 1420. The van der Waals surface area contributed by atoms with Crippen LogP contribution in [0.2, 0.25) is 0 Å². The van der Waals surface area contributed by atoms with Gasteiger partial charge < -0.3 is 67.1 Å². The standard InChI is InChI=1S/C32H36O16/c33-5-19(34)6-45-30-27(44-14-22-9-39-22)1-17(31(35)47-16-24-11-41-24)4-28(30)48-32(36)18-2-25(42-12-20-7-37-20)29(46-15-23-10-40-23)26(3-18)43-13-21-8-38-21/h1-4,19-24,33-34H,5-16H2. The van der Waals surface area contributed by atoms with E-state index in [0.717, 1.165) is 0 Å². The van der Waals surface area contributed by atoms with Crippen LogP contribution in [-0.4, -0.2) is 138 Å². The summed E-state index contributed by atoms with van der Waals surface area (Å²) in [5.41, 5.74) is 0.0330. The molecule has 6 unspecified atom stereocenters. The first-order valence-corrected chi connectivity index (χ1v) is 15.7. The van der Waals surface area contributed by atoms with Crippen molar-refractivity contribution in [1.82, 2.24) is 0 Å². The van der Waals surface area contributed by atoms with Gasteiger partial charge >= 0.3 is 11.9 Å².